The van der Waals surface area contributed by atoms with Gasteiger partial charge in [-0.05, 0) is 81.0 Å². The van der Waals surface area contributed by atoms with Crippen molar-refractivity contribution in [1.29, 1.82) is 0 Å². The number of carbonyl (C=O) groups excluding carboxylic acids is 1. The fraction of sp³-hybridized carbons (Fsp3) is 0.500. The molecule has 28 heavy (non-hydrogen) atoms. The number of aryl methyl sites for hydroxylation is 3. The largest absolute Gasteiger partial charge is 0.479 e. The minimum Gasteiger partial charge on any atom is -0.479 e. The van der Waals surface area contributed by atoms with Crippen LogP contribution in [0.4, 0.5) is 5.69 Å². The van der Waals surface area contributed by atoms with Crippen LogP contribution in [0.3, 0.4) is 0 Å². The standard InChI is InChI=1S/C22H27N3O3/c1-14-23-11-12-25(14)22(2,21(27)28)10-9-19(26)24-20-17-7-3-5-15(17)13-16-6-4-8-18(16)20/h11-13H,3-10H2,1-2H3,(H,24,26)(H,27,28). The Morgan fingerprint density at radius 3 is 2.36 bits per heavy atom. The Labute approximate surface area is 165 Å². The van der Waals surface area contributed by atoms with Crippen LogP contribution >= 0.6 is 0 Å². The molecule has 6 heteroatoms. The minimum atomic E-state index is -1.20. The average Bonchev–Trinajstić information content (AvgIpc) is 3.39. The SMILES string of the molecule is Cc1nccn1C(C)(CCC(=O)Nc1c2c(cc3c1CCC3)CCC2)C(=O)O. The second-order valence-corrected chi connectivity index (χ2v) is 8.21. The van der Waals surface area contributed by atoms with Crippen LogP contribution in [0.2, 0.25) is 0 Å². The van der Waals surface area contributed by atoms with Gasteiger partial charge in [-0.15, -0.1) is 0 Å². The van der Waals surface area contributed by atoms with E-state index in [2.05, 4.69) is 16.4 Å². The molecule has 1 aromatic carbocycles. The van der Waals surface area contributed by atoms with E-state index in [1.165, 1.54) is 22.3 Å². The monoisotopic (exact) mass is 381 g/mol. The van der Waals surface area contributed by atoms with Gasteiger partial charge < -0.3 is 15.0 Å². The molecule has 0 spiro atoms. The number of imidazole rings is 1. The maximum atomic E-state index is 12.8. The molecule has 0 fully saturated rings. The van der Waals surface area contributed by atoms with Crippen molar-refractivity contribution in [3.63, 3.8) is 0 Å². The van der Waals surface area contributed by atoms with Crippen molar-refractivity contribution in [1.82, 2.24) is 9.55 Å². The maximum Gasteiger partial charge on any atom is 0.329 e. The smallest absolute Gasteiger partial charge is 0.329 e. The first-order chi connectivity index (χ1) is 13.4. The number of benzene rings is 1. The number of fused-ring (bicyclic) bond motifs is 2. The van der Waals surface area contributed by atoms with E-state index in [4.69, 9.17) is 0 Å². The summed E-state index contributed by atoms with van der Waals surface area (Å²) < 4.78 is 1.64. The molecule has 1 aromatic heterocycles. The molecule has 0 bridgehead atoms. The van der Waals surface area contributed by atoms with Crippen molar-refractivity contribution in [2.45, 2.75) is 70.8 Å². The second kappa shape index (κ2) is 7.08. The molecule has 0 aliphatic heterocycles. The summed E-state index contributed by atoms with van der Waals surface area (Å²) in [6, 6.07) is 2.34. The number of amides is 1. The van der Waals surface area contributed by atoms with Gasteiger partial charge in [0.15, 0.2) is 0 Å². The van der Waals surface area contributed by atoms with E-state index in [-0.39, 0.29) is 18.7 Å². The van der Waals surface area contributed by atoms with Gasteiger partial charge in [-0.2, -0.15) is 0 Å². The van der Waals surface area contributed by atoms with Crippen LogP contribution in [0.15, 0.2) is 18.5 Å². The highest BCUT2D eigenvalue weighted by atomic mass is 16.4. The molecule has 2 aliphatic rings. The molecule has 0 saturated carbocycles. The summed E-state index contributed by atoms with van der Waals surface area (Å²) in [6.07, 6.45) is 10.1. The first-order valence-corrected chi connectivity index (χ1v) is 10.1. The van der Waals surface area contributed by atoms with Crippen molar-refractivity contribution in [3.05, 3.63) is 46.5 Å². The summed E-state index contributed by atoms with van der Waals surface area (Å²) in [4.78, 5) is 28.9. The van der Waals surface area contributed by atoms with Crippen LogP contribution in [0.25, 0.3) is 0 Å². The number of anilines is 1. The summed E-state index contributed by atoms with van der Waals surface area (Å²) >= 11 is 0. The number of carboxylic acid groups (broad SMARTS) is 1. The Morgan fingerprint density at radius 2 is 1.82 bits per heavy atom. The zero-order chi connectivity index (χ0) is 19.9. The number of nitrogens with one attached hydrogen (secondary N) is 1. The van der Waals surface area contributed by atoms with E-state index in [1.807, 2.05) is 0 Å². The van der Waals surface area contributed by atoms with Gasteiger partial charge in [-0.3, -0.25) is 4.79 Å². The molecule has 1 amide bonds. The number of nitrogens with zero attached hydrogens (tertiary/aromatic N) is 2. The van der Waals surface area contributed by atoms with Crippen molar-refractivity contribution >= 4 is 17.6 Å². The van der Waals surface area contributed by atoms with Crippen molar-refractivity contribution in [3.8, 4) is 0 Å². The lowest BCUT2D eigenvalue weighted by molar-refractivity contribution is -0.147. The molecule has 2 N–H and O–H groups in total. The first kappa shape index (κ1) is 18.7. The van der Waals surface area contributed by atoms with E-state index >= 15 is 0 Å². The average molecular weight is 381 g/mol. The number of hydrogen-bond donors (Lipinski definition) is 2. The molecule has 6 nitrogen and oxygen atoms in total. The highest BCUT2D eigenvalue weighted by Gasteiger charge is 2.36. The highest BCUT2D eigenvalue weighted by Crippen LogP contribution is 2.38. The third-order valence-corrected chi connectivity index (χ3v) is 6.39. The second-order valence-electron chi connectivity index (χ2n) is 8.21. The van der Waals surface area contributed by atoms with Crippen LogP contribution in [0.1, 0.15) is 60.7 Å². The lowest BCUT2D eigenvalue weighted by Crippen LogP contribution is -2.40. The van der Waals surface area contributed by atoms with Crippen molar-refractivity contribution < 1.29 is 14.7 Å². The van der Waals surface area contributed by atoms with E-state index in [1.54, 1.807) is 30.8 Å². The fourth-order valence-corrected chi connectivity index (χ4v) is 4.76. The minimum absolute atomic E-state index is 0.111. The van der Waals surface area contributed by atoms with Gasteiger partial charge in [0, 0.05) is 24.5 Å². The van der Waals surface area contributed by atoms with E-state index < -0.39 is 11.5 Å². The van der Waals surface area contributed by atoms with Crippen LogP contribution in [0.5, 0.6) is 0 Å². The normalized spacial score (nSPS) is 17.1. The molecule has 1 heterocycles. The predicted octanol–water partition coefficient (Wildman–Crippen LogP) is 3.39. The Balaban J connectivity index is 1.53. The quantitative estimate of drug-likeness (QED) is 0.803. The Kier molecular flexibility index (Phi) is 4.73. The molecule has 4 rings (SSSR count). The number of aliphatic carboxylic acids is 1. The molecule has 0 saturated heterocycles. The van der Waals surface area contributed by atoms with Crippen molar-refractivity contribution in [2.75, 3.05) is 5.32 Å². The van der Waals surface area contributed by atoms with Crippen LogP contribution in [0, 0.1) is 6.92 Å². The first-order valence-electron chi connectivity index (χ1n) is 10.1. The summed E-state index contributed by atoms with van der Waals surface area (Å²) in [5.74, 6) is -0.438. The predicted molar refractivity (Wildman–Crippen MR) is 107 cm³/mol. The number of carbonyl (C=O) groups is 2. The van der Waals surface area contributed by atoms with Crippen LogP contribution in [-0.4, -0.2) is 26.5 Å². The van der Waals surface area contributed by atoms with Gasteiger partial charge in [-0.25, -0.2) is 9.78 Å². The van der Waals surface area contributed by atoms with Crippen molar-refractivity contribution in [2.24, 2.45) is 0 Å². The molecule has 0 radical (unpaired) electrons. The van der Waals surface area contributed by atoms with Gasteiger partial charge in [0.05, 0.1) is 0 Å². The lowest BCUT2D eigenvalue weighted by Gasteiger charge is -2.27. The molecular formula is C22H27N3O3. The fourth-order valence-electron chi connectivity index (χ4n) is 4.76. The molecule has 2 aliphatic carbocycles. The van der Waals surface area contributed by atoms with Crippen LogP contribution < -0.4 is 5.32 Å². The molecular weight excluding hydrogens is 354 g/mol. The van der Waals surface area contributed by atoms with Gasteiger partial charge in [0.25, 0.3) is 0 Å². The number of aromatic nitrogens is 2. The lowest BCUT2D eigenvalue weighted by atomic mass is 9.94. The summed E-state index contributed by atoms with van der Waals surface area (Å²) in [5, 5.41) is 13.0. The number of carboxylic acids is 1. The third kappa shape index (κ3) is 3.11. The maximum absolute atomic E-state index is 12.8. The number of hydrogen-bond acceptors (Lipinski definition) is 3. The highest BCUT2D eigenvalue weighted by molar-refractivity contribution is 5.93. The molecule has 1 unspecified atom stereocenters. The molecule has 2 aromatic rings. The van der Waals surface area contributed by atoms with Gasteiger partial charge in [-0.1, -0.05) is 6.07 Å². The topological polar surface area (TPSA) is 84.2 Å². The van der Waals surface area contributed by atoms with Gasteiger partial charge in [0.1, 0.15) is 11.4 Å². The Bertz CT molecular complexity index is 914. The van der Waals surface area contributed by atoms with Crippen LogP contribution in [-0.2, 0) is 40.8 Å². The summed E-state index contributed by atoms with van der Waals surface area (Å²) in [5.41, 5.74) is 5.16. The zero-order valence-electron chi connectivity index (χ0n) is 16.5. The Morgan fingerprint density at radius 1 is 1.18 bits per heavy atom. The van der Waals surface area contributed by atoms with E-state index in [9.17, 15) is 14.7 Å². The third-order valence-electron chi connectivity index (χ3n) is 6.39. The van der Waals surface area contributed by atoms with Gasteiger partial charge >= 0.3 is 5.97 Å². The van der Waals surface area contributed by atoms with E-state index in [0.717, 1.165) is 44.2 Å². The van der Waals surface area contributed by atoms with Gasteiger partial charge in [0.2, 0.25) is 5.91 Å². The molecule has 1 atom stereocenters. The molecule has 148 valence electrons. The Hall–Kier alpha value is -2.63. The number of rotatable bonds is 6. The summed E-state index contributed by atoms with van der Waals surface area (Å²) in [6.45, 7) is 3.42. The van der Waals surface area contributed by atoms with E-state index in [0.29, 0.717) is 5.82 Å². The summed E-state index contributed by atoms with van der Waals surface area (Å²) in [7, 11) is 0. The zero-order valence-corrected chi connectivity index (χ0v) is 16.5.